The van der Waals surface area contributed by atoms with Gasteiger partial charge in [-0.05, 0) is 52.3 Å². The largest absolute Gasteiger partial charge is 0.454 e. The number of alkyl halides is 3. The van der Waals surface area contributed by atoms with Crippen LogP contribution in [0.4, 0.5) is 18.9 Å². The van der Waals surface area contributed by atoms with E-state index in [9.17, 15) is 13.2 Å². The average Bonchev–Trinajstić information content (AvgIpc) is 2.41. The summed E-state index contributed by atoms with van der Waals surface area (Å²) < 4.78 is 43.3. The molecule has 0 atom stereocenters. The predicted molar refractivity (Wildman–Crippen MR) is 74.8 cm³/mol. The molecular weight excluding hydrogens is 349 g/mol. The summed E-state index contributed by atoms with van der Waals surface area (Å²) >= 11 is 3.03. The third-order valence-corrected chi connectivity index (χ3v) is 3.24. The molecule has 0 aromatic heterocycles. The Hall–Kier alpha value is -2.20. The zero-order chi connectivity index (χ0) is 15.6. The average molecular weight is 357 g/mol. The number of hydrogen-bond donors (Lipinski definition) is 1. The third kappa shape index (κ3) is 3.47. The molecule has 21 heavy (non-hydrogen) atoms. The lowest BCUT2D eigenvalue weighted by Gasteiger charge is -2.12. The number of benzene rings is 2. The summed E-state index contributed by atoms with van der Waals surface area (Å²) in [5.41, 5.74) is 5.53. The van der Waals surface area contributed by atoms with Crippen molar-refractivity contribution in [1.82, 2.24) is 0 Å². The number of nitriles is 1. The van der Waals surface area contributed by atoms with Crippen molar-refractivity contribution < 1.29 is 17.9 Å². The van der Waals surface area contributed by atoms with Crippen molar-refractivity contribution in [1.29, 1.82) is 5.26 Å². The van der Waals surface area contributed by atoms with Crippen molar-refractivity contribution in [3.8, 4) is 17.6 Å². The Kier molecular flexibility index (Phi) is 4.09. The molecular formula is C14H8BrF3N2O. The molecule has 0 bridgehead atoms. The third-order valence-electron chi connectivity index (χ3n) is 2.62. The quantitative estimate of drug-likeness (QED) is 0.792. The first-order chi connectivity index (χ1) is 9.81. The number of nitrogen functional groups attached to an aromatic ring is 1. The van der Waals surface area contributed by atoms with E-state index >= 15 is 0 Å². The van der Waals surface area contributed by atoms with Crippen molar-refractivity contribution in [2.75, 3.05) is 5.73 Å². The number of hydrogen-bond acceptors (Lipinski definition) is 3. The lowest BCUT2D eigenvalue weighted by atomic mass is 10.2. The van der Waals surface area contributed by atoms with Crippen molar-refractivity contribution in [3.63, 3.8) is 0 Å². The molecule has 0 saturated carbocycles. The predicted octanol–water partition coefficient (Wildman–Crippen LogP) is 4.71. The highest BCUT2D eigenvalue weighted by atomic mass is 79.9. The van der Waals surface area contributed by atoms with Crippen LogP contribution in [-0.4, -0.2) is 0 Å². The van der Waals surface area contributed by atoms with Crippen molar-refractivity contribution in [2.45, 2.75) is 6.18 Å². The Bertz CT molecular complexity index is 723. The van der Waals surface area contributed by atoms with Crippen LogP contribution in [0.25, 0.3) is 0 Å². The lowest BCUT2D eigenvalue weighted by molar-refractivity contribution is -0.137. The van der Waals surface area contributed by atoms with Crippen LogP contribution in [-0.2, 0) is 6.18 Å². The van der Waals surface area contributed by atoms with E-state index in [1.54, 1.807) is 0 Å². The van der Waals surface area contributed by atoms with Gasteiger partial charge in [0.2, 0.25) is 0 Å². The van der Waals surface area contributed by atoms with Gasteiger partial charge in [-0.25, -0.2) is 0 Å². The highest BCUT2D eigenvalue weighted by Crippen LogP contribution is 2.37. The van der Waals surface area contributed by atoms with E-state index in [1.165, 1.54) is 24.3 Å². The fourth-order valence-corrected chi connectivity index (χ4v) is 2.05. The summed E-state index contributed by atoms with van der Waals surface area (Å²) in [4.78, 5) is 0. The second-order valence-corrected chi connectivity index (χ2v) is 4.96. The number of nitrogens with two attached hydrogens (primary N) is 1. The first kappa shape index (κ1) is 15.2. The summed E-state index contributed by atoms with van der Waals surface area (Å²) in [6, 6.07) is 9.38. The molecule has 0 radical (unpaired) electrons. The monoisotopic (exact) mass is 356 g/mol. The number of anilines is 1. The minimum atomic E-state index is -4.42. The Labute approximate surface area is 126 Å². The molecule has 2 rings (SSSR count). The maximum absolute atomic E-state index is 12.6. The molecule has 3 nitrogen and oxygen atoms in total. The van der Waals surface area contributed by atoms with Crippen molar-refractivity contribution >= 4 is 21.6 Å². The van der Waals surface area contributed by atoms with E-state index in [0.717, 1.165) is 12.1 Å². The van der Waals surface area contributed by atoms with Gasteiger partial charge < -0.3 is 10.5 Å². The van der Waals surface area contributed by atoms with E-state index < -0.39 is 11.7 Å². The van der Waals surface area contributed by atoms with Crippen molar-refractivity contribution in [3.05, 3.63) is 52.0 Å². The van der Waals surface area contributed by atoms with Crippen molar-refractivity contribution in [2.24, 2.45) is 0 Å². The van der Waals surface area contributed by atoms with Gasteiger partial charge in [-0.15, -0.1) is 0 Å². The van der Waals surface area contributed by atoms with Gasteiger partial charge in [0.25, 0.3) is 0 Å². The second-order valence-electron chi connectivity index (χ2n) is 4.11. The summed E-state index contributed by atoms with van der Waals surface area (Å²) in [5, 5.41) is 8.73. The number of halogens is 4. The molecule has 0 fully saturated rings. The van der Waals surface area contributed by atoms with E-state index in [0.29, 0.717) is 5.56 Å². The number of nitrogens with zero attached hydrogens (tertiary/aromatic N) is 1. The zero-order valence-electron chi connectivity index (χ0n) is 10.4. The molecule has 0 amide bonds. The molecule has 0 unspecified atom stereocenters. The molecule has 0 aliphatic carbocycles. The molecule has 7 heteroatoms. The van der Waals surface area contributed by atoms with Crippen LogP contribution in [0.2, 0.25) is 0 Å². The SMILES string of the molecule is N#Cc1ccc(Oc2ccc(C(F)(F)F)cc2Br)c(N)c1. The van der Waals surface area contributed by atoms with Crippen LogP contribution < -0.4 is 10.5 Å². The summed E-state index contributed by atoms with van der Waals surface area (Å²) in [6.45, 7) is 0. The minimum Gasteiger partial charge on any atom is -0.454 e. The summed E-state index contributed by atoms with van der Waals surface area (Å²) in [6.07, 6.45) is -4.42. The minimum absolute atomic E-state index is 0.154. The molecule has 0 aliphatic rings. The highest BCUT2D eigenvalue weighted by molar-refractivity contribution is 9.10. The van der Waals surface area contributed by atoms with Crippen LogP contribution in [0.3, 0.4) is 0 Å². The molecule has 0 heterocycles. The van der Waals surface area contributed by atoms with Gasteiger partial charge >= 0.3 is 6.18 Å². The van der Waals surface area contributed by atoms with Crippen LogP contribution in [0, 0.1) is 11.3 Å². The second kappa shape index (κ2) is 5.66. The maximum Gasteiger partial charge on any atom is 0.416 e. The number of rotatable bonds is 2. The van der Waals surface area contributed by atoms with Gasteiger partial charge in [-0.3, -0.25) is 0 Å². The van der Waals surface area contributed by atoms with E-state index in [4.69, 9.17) is 15.7 Å². The molecule has 2 aromatic rings. The molecule has 108 valence electrons. The smallest absolute Gasteiger partial charge is 0.416 e. The first-order valence-corrected chi connectivity index (χ1v) is 6.45. The highest BCUT2D eigenvalue weighted by Gasteiger charge is 2.31. The number of ether oxygens (including phenoxy) is 1. The van der Waals surface area contributed by atoms with Crippen LogP contribution in [0.15, 0.2) is 40.9 Å². The molecule has 0 aliphatic heterocycles. The van der Waals surface area contributed by atoms with Gasteiger partial charge in [0.1, 0.15) is 11.5 Å². The van der Waals surface area contributed by atoms with Gasteiger partial charge in [0, 0.05) is 0 Å². The molecule has 2 N–H and O–H groups in total. The topological polar surface area (TPSA) is 59.0 Å². The zero-order valence-corrected chi connectivity index (χ0v) is 12.0. The summed E-state index contributed by atoms with van der Waals surface area (Å²) in [5.74, 6) is 0.453. The Morgan fingerprint density at radius 2 is 1.76 bits per heavy atom. The van der Waals surface area contributed by atoms with Gasteiger partial charge in [0.15, 0.2) is 0 Å². The van der Waals surface area contributed by atoms with E-state index in [2.05, 4.69) is 15.9 Å². The van der Waals surface area contributed by atoms with Gasteiger partial charge in [-0.2, -0.15) is 18.4 Å². The van der Waals surface area contributed by atoms with Crippen LogP contribution in [0.1, 0.15) is 11.1 Å². The van der Waals surface area contributed by atoms with E-state index in [1.807, 2.05) is 6.07 Å². The Morgan fingerprint density at radius 3 is 2.29 bits per heavy atom. The maximum atomic E-state index is 12.6. The Balaban J connectivity index is 2.31. The summed E-state index contributed by atoms with van der Waals surface area (Å²) in [7, 11) is 0. The lowest BCUT2D eigenvalue weighted by Crippen LogP contribution is -2.04. The fraction of sp³-hybridized carbons (Fsp3) is 0.0714. The normalized spacial score (nSPS) is 11.0. The van der Waals surface area contributed by atoms with Gasteiger partial charge in [-0.1, -0.05) is 0 Å². The standard InChI is InChI=1S/C14H8BrF3N2O/c15-10-6-9(14(16,17)18)2-4-12(10)21-13-3-1-8(7-19)5-11(13)20/h1-6H,20H2. The van der Waals surface area contributed by atoms with Crippen LogP contribution in [0.5, 0.6) is 11.5 Å². The molecule has 0 spiro atoms. The van der Waals surface area contributed by atoms with Gasteiger partial charge in [0.05, 0.1) is 27.4 Å². The fourth-order valence-electron chi connectivity index (χ4n) is 1.59. The molecule has 2 aromatic carbocycles. The van der Waals surface area contributed by atoms with E-state index in [-0.39, 0.29) is 21.7 Å². The Morgan fingerprint density at radius 1 is 1.10 bits per heavy atom. The molecule has 0 saturated heterocycles. The van der Waals surface area contributed by atoms with Crippen LogP contribution >= 0.6 is 15.9 Å². The first-order valence-electron chi connectivity index (χ1n) is 5.65.